The van der Waals surface area contributed by atoms with Crippen LogP contribution in [0.2, 0.25) is 5.15 Å². The third-order valence-corrected chi connectivity index (χ3v) is 4.15. The number of hydrogen-bond acceptors (Lipinski definition) is 5. The summed E-state index contributed by atoms with van der Waals surface area (Å²) in [6.45, 7) is 2.02. The molecule has 2 aromatic rings. The number of carbonyl (C=O) groups is 1. The van der Waals surface area contributed by atoms with E-state index >= 15 is 0 Å². The van der Waals surface area contributed by atoms with Crippen molar-refractivity contribution in [3.8, 4) is 5.75 Å². The Morgan fingerprint density at radius 3 is 3.04 bits per heavy atom. The number of nitrogens with zero attached hydrogens (tertiary/aromatic N) is 2. The molecule has 0 bridgehead atoms. The lowest BCUT2D eigenvalue weighted by Gasteiger charge is -2.20. The van der Waals surface area contributed by atoms with E-state index in [2.05, 4.69) is 5.10 Å². The lowest BCUT2D eigenvalue weighted by atomic mass is 10.1. The first-order valence-electron chi connectivity index (χ1n) is 7.51. The summed E-state index contributed by atoms with van der Waals surface area (Å²) in [7, 11) is 1.71. The van der Waals surface area contributed by atoms with Gasteiger partial charge in [0.2, 0.25) is 0 Å². The molecule has 1 aromatic carbocycles. The highest BCUT2D eigenvalue weighted by molar-refractivity contribution is 6.31. The van der Waals surface area contributed by atoms with Crippen LogP contribution in [0.4, 0.5) is 4.39 Å². The Hall–Kier alpha value is -2.38. The number of carbonyl (C=O) groups excluding carboxylic acids is 1. The summed E-state index contributed by atoms with van der Waals surface area (Å²) >= 11 is 6.09. The molecule has 3 rings (SSSR count). The Balaban J connectivity index is 1.69. The van der Waals surface area contributed by atoms with E-state index in [-0.39, 0.29) is 20.0 Å². The van der Waals surface area contributed by atoms with Gasteiger partial charge in [-0.05, 0) is 25.1 Å². The molecule has 0 atom stereocenters. The molecule has 0 saturated heterocycles. The molecule has 2 heterocycles. The van der Waals surface area contributed by atoms with Gasteiger partial charge in [-0.15, -0.1) is 0 Å². The molecular formula is C17H16ClFN2O4. The van der Waals surface area contributed by atoms with Crippen LogP contribution < -0.4 is 4.74 Å². The third kappa shape index (κ3) is 3.83. The average molecular weight is 367 g/mol. The van der Waals surface area contributed by atoms with Crippen molar-refractivity contribution in [3.63, 3.8) is 0 Å². The molecule has 1 aliphatic heterocycles. The predicted molar refractivity (Wildman–Crippen MR) is 88.5 cm³/mol. The number of rotatable bonds is 4. The summed E-state index contributed by atoms with van der Waals surface area (Å²) in [5.41, 5.74) is 2.38. The number of esters is 1. The number of aromatic nitrogens is 2. The van der Waals surface area contributed by atoms with Crippen LogP contribution in [0.15, 0.2) is 18.2 Å². The van der Waals surface area contributed by atoms with Crippen molar-refractivity contribution in [3.05, 3.63) is 51.6 Å². The lowest BCUT2D eigenvalue weighted by molar-refractivity contribution is -0.139. The SMILES string of the molecule is Cc1nn(C)c(Cl)c1/C=C/C(=O)OCc1cc(F)cc2c1OCOC2. The Morgan fingerprint density at radius 1 is 1.52 bits per heavy atom. The van der Waals surface area contributed by atoms with Gasteiger partial charge in [0.1, 0.15) is 23.3 Å². The summed E-state index contributed by atoms with van der Waals surface area (Å²) in [4.78, 5) is 11.9. The van der Waals surface area contributed by atoms with Crippen molar-refractivity contribution in [1.29, 1.82) is 0 Å². The monoisotopic (exact) mass is 366 g/mol. The number of ether oxygens (including phenoxy) is 3. The maximum absolute atomic E-state index is 13.7. The van der Waals surface area contributed by atoms with Crippen molar-refractivity contribution < 1.29 is 23.4 Å². The lowest BCUT2D eigenvalue weighted by Crippen LogP contribution is -2.14. The van der Waals surface area contributed by atoms with Crippen molar-refractivity contribution >= 4 is 23.6 Å². The highest BCUT2D eigenvalue weighted by atomic mass is 35.5. The number of halogens is 2. The van der Waals surface area contributed by atoms with Gasteiger partial charge in [-0.2, -0.15) is 5.10 Å². The highest BCUT2D eigenvalue weighted by Crippen LogP contribution is 2.30. The molecular weight excluding hydrogens is 351 g/mol. The molecule has 1 aromatic heterocycles. The van der Waals surface area contributed by atoms with Crippen LogP contribution in [0.1, 0.15) is 22.4 Å². The van der Waals surface area contributed by atoms with E-state index in [1.807, 2.05) is 0 Å². The van der Waals surface area contributed by atoms with Crippen LogP contribution in [-0.2, 0) is 34.5 Å². The molecule has 132 valence electrons. The van der Waals surface area contributed by atoms with Crippen molar-refractivity contribution in [2.24, 2.45) is 7.05 Å². The van der Waals surface area contributed by atoms with Gasteiger partial charge in [0.15, 0.2) is 6.79 Å². The van der Waals surface area contributed by atoms with Gasteiger partial charge in [-0.1, -0.05) is 11.6 Å². The second-order valence-corrected chi connectivity index (χ2v) is 5.88. The van der Waals surface area contributed by atoms with Gasteiger partial charge >= 0.3 is 5.97 Å². The first kappa shape index (κ1) is 17.4. The van der Waals surface area contributed by atoms with Gasteiger partial charge in [0.05, 0.1) is 12.3 Å². The molecule has 0 amide bonds. The maximum Gasteiger partial charge on any atom is 0.331 e. The molecule has 6 nitrogen and oxygen atoms in total. The van der Waals surface area contributed by atoms with E-state index in [4.69, 9.17) is 25.8 Å². The van der Waals surface area contributed by atoms with Crippen LogP contribution >= 0.6 is 11.6 Å². The van der Waals surface area contributed by atoms with Gasteiger partial charge in [-0.3, -0.25) is 4.68 Å². The summed E-state index contributed by atoms with van der Waals surface area (Å²) in [5.74, 6) is -0.521. The molecule has 0 fully saturated rings. The fourth-order valence-corrected chi connectivity index (χ4v) is 2.79. The average Bonchev–Trinajstić information content (AvgIpc) is 2.83. The van der Waals surface area contributed by atoms with Gasteiger partial charge in [0.25, 0.3) is 0 Å². The molecule has 8 heteroatoms. The Morgan fingerprint density at radius 2 is 2.32 bits per heavy atom. The summed E-state index contributed by atoms with van der Waals surface area (Å²) in [6, 6.07) is 2.62. The smallest absolute Gasteiger partial charge is 0.331 e. The van der Waals surface area contributed by atoms with E-state index in [1.54, 1.807) is 20.0 Å². The topological polar surface area (TPSA) is 62.6 Å². The van der Waals surface area contributed by atoms with Crippen molar-refractivity contribution in [2.45, 2.75) is 20.1 Å². The number of benzene rings is 1. The second-order valence-electron chi connectivity index (χ2n) is 5.52. The molecule has 0 radical (unpaired) electrons. The summed E-state index contributed by atoms with van der Waals surface area (Å²) in [5, 5.41) is 4.58. The molecule has 0 saturated carbocycles. The molecule has 25 heavy (non-hydrogen) atoms. The highest BCUT2D eigenvalue weighted by Gasteiger charge is 2.18. The van der Waals surface area contributed by atoms with Crippen LogP contribution in [-0.4, -0.2) is 22.5 Å². The number of aryl methyl sites for hydroxylation is 2. The standard InChI is InChI=1S/C17H16ClFN2O4/c1-10-14(17(18)21(2)20-10)3-4-15(22)24-8-12-6-13(19)5-11-7-23-9-25-16(11)12/h3-6H,7-9H2,1-2H3/b4-3+. The van der Waals surface area contributed by atoms with Crippen LogP contribution in [0.25, 0.3) is 6.08 Å². The molecule has 0 unspecified atom stereocenters. The third-order valence-electron chi connectivity index (χ3n) is 3.70. The first-order valence-corrected chi connectivity index (χ1v) is 7.89. The minimum atomic E-state index is -0.579. The Bertz CT molecular complexity index is 848. The molecule has 0 aliphatic carbocycles. The zero-order valence-corrected chi connectivity index (χ0v) is 14.5. The van der Waals surface area contributed by atoms with E-state index in [0.29, 0.717) is 33.3 Å². The van der Waals surface area contributed by atoms with Crippen LogP contribution in [0, 0.1) is 12.7 Å². The van der Waals surface area contributed by atoms with Gasteiger partial charge in [-0.25, -0.2) is 9.18 Å². The Labute approximate surface area is 148 Å². The zero-order valence-electron chi connectivity index (χ0n) is 13.7. The second kappa shape index (κ2) is 7.25. The van der Waals surface area contributed by atoms with Gasteiger partial charge in [0, 0.05) is 29.8 Å². The first-order chi connectivity index (χ1) is 12.0. The minimum absolute atomic E-state index is 0.0816. The maximum atomic E-state index is 13.7. The van der Waals surface area contributed by atoms with E-state index in [9.17, 15) is 9.18 Å². The quantitative estimate of drug-likeness (QED) is 0.614. The largest absolute Gasteiger partial charge is 0.467 e. The van der Waals surface area contributed by atoms with E-state index < -0.39 is 11.8 Å². The van der Waals surface area contributed by atoms with Crippen LogP contribution in [0.3, 0.4) is 0 Å². The van der Waals surface area contributed by atoms with Crippen molar-refractivity contribution in [1.82, 2.24) is 9.78 Å². The van der Waals surface area contributed by atoms with Crippen LogP contribution in [0.5, 0.6) is 5.75 Å². The molecule has 0 N–H and O–H groups in total. The summed E-state index contributed by atoms with van der Waals surface area (Å²) in [6.07, 6.45) is 2.80. The van der Waals surface area contributed by atoms with E-state index in [1.165, 1.54) is 22.9 Å². The predicted octanol–water partition coefficient (Wildman–Crippen LogP) is 3.14. The zero-order chi connectivity index (χ0) is 18.0. The minimum Gasteiger partial charge on any atom is -0.467 e. The summed E-state index contributed by atoms with van der Waals surface area (Å²) < 4.78 is 30.8. The van der Waals surface area contributed by atoms with Crippen molar-refractivity contribution in [2.75, 3.05) is 6.79 Å². The normalized spacial score (nSPS) is 13.6. The fourth-order valence-electron chi connectivity index (χ4n) is 2.55. The Kier molecular flexibility index (Phi) is 5.06. The van der Waals surface area contributed by atoms with E-state index in [0.717, 1.165) is 0 Å². The number of hydrogen-bond donors (Lipinski definition) is 0. The molecule has 0 spiro atoms. The number of fused-ring (bicyclic) bond motifs is 1. The van der Waals surface area contributed by atoms with Gasteiger partial charge < -0.3 is 14.2 Å². The fraction of sp³-hybridized carbons (Fsp3) is 0.294. The molecule has 1 aliphatic rings.